The summed E-state index contributed by atoms with van der Waals surface area (Å²) in [7, 11) is 0. The number of carbonyl (C=O) groups is 2. The summed E-state index contributed by atoms with van der Waals surface area (Å²) in [4.78, 5) is 29.5. The van der Waals surface area contributed by atoms with Gasteiger partial charge in [-0.05, 0) is 24.0 Å². The SMILES string of the molecule is O=C(NCCC(c1ccccc1)c1ccccc1)C1CCC(=O)N(CCN2CCOCC2)C1. The molecule has 2 aliphatic heterocycles. The molecule has 33 heavy (non-hydrogen) atoms. The molecule has 6 nitrogen and oxygen atoms in total. The van der Waals surface area contributed by atoms with Gasteiger partial charge in [0.2, 0.25) is 11.8 Å². The number of carbonyl (C=O) groups excluding carboxylic acids is 2. The molecule has 0 saturated carbocycles. The van der Waals surface area contributed by atoms with Crippen molar-refractivity contribution < 1.29 is 14.3 Å². The number of piperidine rings is 1. The molecule has 1 N–H and O–H groups in total. The first-order valence-electron chi connectivity index (χ1n) is 12.2. The van der Waals surface area contributed by atoms with E-state index in [9.17, 15) is 9.59 Å². The first kappa shape index (κ1) is 23.5. The second-order valence-electron chi connectivity index (χ2n) is 8.98. The zero-order chi connectivity index (χ0) is 22.9. The van der Waals surface area contributed by atoms with Gasteiger partial charge in [0, 0.05) is 51.6 Å². The smallest absolute Gasteiger partial charge is 0.224 e. The minimum Gasteiger partial charge on any atom is -0.379 e. The highest BCUT2D eigenvalue weighted by Crippen LogP contribution is 2.27. The van der Waals surface area contributed by atoms with Gasteiger partial charge in [-0.2, -0.15) is 0 Å². The molecule has 2 amide bonds. The fourth-order valence-corrected chi connectivity index (χ4v) is 4.81. The zero-order valence-corrected chi connectivity index (χ0v) is 19.3. The number of amides is 2. The second kappa shape index (κ2) is 12.0. The van der Waals surface area contributed by atoms with Gasteiger partial charge in [0.05, 0.1) is 19.1 Å². The molecular formula is C27H35N3O3. The number of likely N-dealkylation sites (tertiary alicyclic amines) is 1. The molecule has 2 aromatic rings. The molecule has 0 bridgehead atoms. The van der Waals surface area contributed by atoms with Crippen LogP contribution in [0.4, 0.5) is 0 Å². The first-order valence-corrected chi connectivity index (χ1v) is 12.2. The number of morpholine rings is 1. The molecular weight excluding hydrogens is 414 g/mol. The van der Waals surface area contributed by atoms with Crippen molar-refractivity contribution in [2.24, 2.45) is 5.92 Å². The van der Waals surface area contributed by atoms with E-state index in [1.807, 2.05) is 17.0 Å². The Morgan fingerprint density at radius 1 is 0.970 bits per heavy atom. The summed E-state index contributed by atoms with van der Waals surface area (Å²) in [6.45, 7) is 6.01. The van der Waals surface area contributed by atoms with Crippen molar-refractivity contribution >= 4 is 11.8 Å². The second-order valence-corrected chi connectivity index (χ2v) is 8.98. The van der Waals surface area contributed by atoms with E-state index >= 15 is 0 Å². The Bertz CT molecular complexity index is 844. The van der Waals surface area contributed by atoms with Crippen molar-refractivity contribution in [2.75, 3.05) is 52.5 Å². The summed E-state index contributed by atoms with van der Waals surface area (Å²) >= 11 is 0. The highest BCUT2D eigenvalue weighted by molar-refractivity contribution is 5.83. The Balaban J connectivity index is 1.28. The highest BCUT2D eigenvalue weighted by Gasteiger charge is 2.30. The van der Waals surface area contributed by atoms with Gasteiger partial charge in [-0.15, -0.1) is 0 Å². The third-order valence-electron chi connectivity index (χ3n) is 6.80. The van der Waals surface area contributed by atoms with Crippen molar-refractivity contribution in [3.63, 3.8) is 0 Å². The number of hydrogen-bond donors (Lipinski definition) is 1. The molecule has 2 aliphatic rings. The normalized spacial score (nSPS) is 19.6. The molecule has 1 atom stereocenters. The van der Waals surface area contributed by atoms with E-state index in [2.05, 4.69) is 58.7 Å². The van der Waals surface area contributed by atoms with E-state index < -0.39 is 0 Å². The Hall–Kier alpha value is -2.70. The Morgan fingerprint density at radius 3 is 2.24 bits per heavy atom. The van der Waals surface area contributed by atoms with Gasteiger partial charge in [-0.1, -0.05) is 60.7 Å². The highest BCUT2D eigenvalue weighted by atomic mass is 16.5. The summed E-state index contributed by atoms with van der Waals surface area (Å²) in [5.41, 5.74) is 2.52. The van der Waals surface area contributed by atoms with Crippen LogP contribution in [0, 0.1) is 5.92 Å². The van der Waals surface area contributed by atoms with Crippen molar-refractivity contribution in [3.05, 3.63) is 71.8 Å². The standard InChI is InChI=1S/C27H35N3O3/c31-26-12-11-24(21-30(26)16-15-29-17-19-33-20-18-29)27(32)28-14-13-25(22-7-3-1-4-8-22)23-9-5-2-6-10-23/h1-10,24-25H,11-21H2,(H,28,32). The molecule has 4 rings (SSSR count). The summed E-state index contributed by atoms with van der Waals surface area (Å²) < 4.78 is 5.40. The minimum atomic E-state index is -0.126. The summed E-state index contributed by atoms with van der Waals surface area (Å²) in [6, 6.07) is 20.9. The van der Waals surface area contributed by atoms with E-state index in [0.717, 1.165) is 39.3 Å². The van der Waals surface area contributed by atoms with Crippen LogP contribution in [-0.2, 0) is 14.3 Å². The quantitative estimate of drug-likeness (QED) is 0.640. The van der Waals surface area contributed by atoms with Crippen molar-refractivity contribution in [1.82, 2.24) is 15.1 Å². The molecule has 1 unspecified atom stereocenters. The summed E-state index contributed by atoms with van der Waals surface area (Å²) in [5.74, 6) is 0.351. The number of ether oxygens (including phenoxy) is 1. The van der Waals surface area contributed by atoms with E-state index in [1.54, 1.807) is 0 Å². The fourth-order valence-electron chi connectivity index (χ4n) is 4.81. The van der Waals surface area contributed by atoms with Gasteiger partial charge in [-0.3, -0.25) is 14.5 Å². The van der Waals surface area contributed by atoms with E-state index in [1.165, 1.54) is 11.1 Å². The third-order valence-corrected chi connectivity index (χ3v) is 6.80. The van der Waals surface area contributed by atoms with E-state index in [0.29, 0.717) is 32.5 Å². The van der Waals surface area contributed by atoms with Crippen LogP contribution in [0.25, 0.3) is 0 Å². The maximum absolute atomic E-state index is 12.9. The third kappa shape index (κ3) is 6.65. The molecule has 0 aromatic heterocycles. The lowest BCUT2D eigenvalue weighted by Crippen LogP contribution is -2.49. The zero-order valence-electron chi connectivity index (χ0n) is 19.3. The van der Waals surface area contributed by atoms with Gasteiger partial charge in [-0.25, -0.2) is 0 Å². The van der Waals surface area contributed by atoms with Crippen molar-refractivity contribution in [3.8, 4) is 0 Å². The lowest BCUT2D eigenvalue weighted by atomic mass is 9.88. The van der Waals surface area contributed by atoms with Gasteiger partial charge < -0.3 is 15.0 Å². The topological polar surface area (TPSA) is 61.9 Å². The molecule has 2 heterocycles. The molecule has 2 fully saturated rings. The summed E-state index contributed by atoms with van der Waals surface area (Å²) in [5, 5.41) is 3.16. The summed E-state index contributed by atoms with van der Waals surface area (Å²) in [6.07, 6.45) is 1.93. The van der Waals surface area contributed by atoms with Crippen LogP contribution in [0.5, 0.6) is 0 Å². The molecule has 0 spiro atoms. The largest absolute Gasteiger partial charge is 0.379 e. The molecule has 0 aliphatic carbocycles. The van der Waals surface area contributed by atoms with Crippen molar-refractivity contribution in [1.29, 1.82) is 0 Å². The van der Waals surface area contributed by atoms with Crippen LogP contribution in [0.15, 0.2) is 60.7 Å². The predicted molar refractivity (Wildman–Crippen MR) is 129 cm³/mol. The van der Waals surface area contributed by atoms with Crippen LogP contribution in [0.3, 0.4) is 0 Å². The molecule has 6 heteroatoms. The van der Waals surface area contributed by atoms with Crippen LogP contribution < -0.4 is 5.32 Å². The van der Waals surface area contributed by atoms with Crippen LogP contribution >= 0.6 is 0 Å². The number of benzene rings is 2. The van der Waals surface area contributed by atoms with Gasteiger partial charge in [0.25, 0.3) is 0 Å². The van der Waals surface area contributed by atoms with E-state index in [-0.39, 0.29) is 23.7 Å². The average Bonchev–Trinajstić information content (AvgIpc) is 2.87. The maximum atomic E-state index is 12.9. The van der Waals surface area contributed by atoms with Gasteiger partial charge >= 0.3 is 0 Å². The van der Waals surface area contributed by atoms with Crippen LogP contribution in [0.2, 0.25) is 0 Å². The number of rotatable bonds is 9. The number of nitrogens with zero attached hydrogens (tertiary/aromatic N) is 2. The van der Waals surface area contributed by atoms with E-state index in [4.69, 9.17) is 4.74 Å². The predicted octanol–water partition coefficient (Wildman–Crippen LogP) is 2.90. The van der Waals surface area contributed by atoms with Crippen molar-refractivity contribution in [2.45, 2.75) is 25.2 Å². The minimum absolute atomic E-state index is 0.0683. The Kier molecular flexibility index (Phi) is 8.50. The molecule has 176 valence electrons. The molecule has 2 saturated heterocycles. The molecule has 0 radical (unpaired) electrons. The maximum Gasteiger partial charge on any atom is 0.224 e. The molecule has 2 aromatic carbocycles. The average molecular weight is 450 g/mol. The lowest BCUT2D eigenvalue weighted by Gasteiger charge is -2.34. The fraction of sp³-hybridized carbons (Fsp3) is 0.481. The van der Waals surface area contributed by atoms with Crippen LogP contribution in [0.1, 0.15) is 36.3 Å². The van der Waals surface area contributed by atoms with Gasteiger partial charge in [0.15, 0.2) is 0 Å². The number of nitrogens with one attached hydrogen (secondary N) is 1. The van der Waals surface area contributed by atoms with Gasteiger partial charge in [0.1, 0.15) is 0 Å². The lowest BCUT2D eigenvalue weighted by molar-refractivity contribution is -0.138. The Morgan fingerprint density at radius 2 is 1.61 bits per heavy atom. The Labute approximate surface area is 196 Å². The monoisotopic (exact) mass is 449 g/mol. The van der Waals surface area contributed by atoms with Crippen LogP contribution in [-0.4, -0.2) is 74.1 Å². The first-order chi connectivity index (χ1) is 16.2. The number of hydrogen-bond acceptors (Lipinski definition) is 4.